The van der Waals surface area contributed by atoms with E-state index in [-0.39, 0.29) is 5.78 Å². The van der Waals surface area contributed by atoms with Crippen LogP contribution in [0.1, 0.15) is 43.4 Å². The normalized spacial score (nSPS) is 15.7. The fraction of sp³-hybridized carbons (Fsp3) is 0.212. The van der Waals surface area contributed by atoms with Gasteiger partial charge in [-0.1, -0.05) is 66.7 Å². The van der Waals surface area contributed by atoms with Crippen LogP contribution in [0, 0.1) is 0 Å². The van der Waals surface area contributed by atoms with Crippen molar-refractivity contribution >= 4 is 39.1 Å². The Hall–Kier alpha value is -3.43. The Morgan fingerprint density at radius 2 is 1.56 bits per heavy atom. The van der Waals surface area contributed by atoms with Crippen molar-refractivity contribution in [2.75, 3.05) is 5.75 Å². The predicted molar refractivity (Wildman–Crippen MR) is 149 cm³/mol. The van der Waals surface area contributed by atoms with Crippen LogP contribution in [-0.2, 0) is 32.2 Å². The van der Waals surface area contributed by atoms with Crippen LogP contribution >= 0.6 is 11.8 Å². The molecule has 2 aliphatic carbocycles. The average Bonchev–Trinajstić information content (AvgIpc) is 3.50. The van der Waals surface area contributed by atoms with E-state index in [4.69, 9.17) is 0 Å². The minimum absolute atomic E-state index is 0.201. The van der Waals surface area contributed by atoms with Crippen molar-refractivity contribution in [3.8, 4) is 0 Å². The number of hydrogen-bond donors (Lipinski definition) is 0. The first kappa shape index (κ1) is 21.8. The van der Waals surface area contributed by atoms with E-state index in [1.165, 1.54) is 49.4 Å². The van der Waals surface area contributed by atoms with Gasteiger partial charge in [-0.15, -0.1) is 0 Å². The number of ketones is 1. The summed E-state index contributed by atoms with van der Waals surface area (Å²) in [4.78, 5) is 13.2. The third-order valence-corrected chi connectivity index (χ3v) is 9.22. The highest BCUT2D eigenvalue weighted by molar-refractivity contribution is 7.99. The molecule has 0 N–H and O–H groups in total. The van der Waals surface area contributed by atoms with E-state index in [0.29, 0.717) is 11.8 Å². The molecule has 2 nitrogen and oxygen atoms in total. The smallest absolute Gasteiger partial charge is 0.227 e. The van der Waals surface area contributed by atoms with Gasteiger partial charge in [-0.2, -0.15) is 16.3 Å². The molecule has 0 amide bonds. The SMILES string of the molecule is O=C(C[n+]1ccc(CCSC2Cc3cccc4cccc2c34)cc1)c1ccc2cccc3c2c1CC3. The van der Waals surface area contributed by atoms with Crippen LogP contribution in [0.4, 0.5) is 0 Å². The zero-order valence-corrected chi connectivity index (χ0v) is 21.1. The molecule has 5 aromatic rings. The molecule has 1 unspecified atom stereocenters. The molecule has 0 aliphatic heterocycles. The van der Waals surface area contributed by atoms with Gasteiger partial charge in [0.1, 0.15) is 0 Å². The van der Waals surface area contributed by atoms with Gasteiger partial charge in [-0.25, -0.2) is 0 Å². The zero-order valence-electron chi connectivity index (χ0n) is 20.2. The summed E-state index contributed by atoms with van der Waals surface area (Å²) >= 11 is 2.07. The van der Waals surface area contributed by atoms with E-state index < -0.39 is 0 Å². The molecule has 176 valence electrons. The van der Waals surface area contributed by atoms with E-state index in [9.17, 15) is 4.79 Å². The summed E-state index contributed by atoms with van der Waals surface area (Å²) in [5.74, 6) is 1.30. The summed E-state index contributed by atoms with van der Waals surface area (Å²) in [5, 5.41) is 5.96. The Labute approximate surface area is 216 Å². The number of pyridine rings is 1. The molecule has 0 saturated heterocycles. The van der Waals surface area contributed by atoms with Gasteiger partial charge in [0.2, 0.25) is 12.3 Å². The molecule has 0 fully saturated rings. The Morgan fingerprint density at radius 1 is 0.806 bits per heavy atom. The van der Waals surface area contributed by atoms with Gasteiger partial charge in [0.25, 0.3) is 0 Å². The second-order valence-electron chi connectivity index (χ2n) is 10.1. The van der Waals surface area contributed by atoms with E-state index in [2.05, 4.69) is 97.0 Å². The summed E-state index contributed by atoms with van der Waals surface area (Å²) < 4.78 is 2.02. The summed E-state index contributed by atoms with van der Waals surface area (Å²) in [6, 6.07) is 28.4. The predicted octanol–water partition coefficient (Wildman–Crippen LogP) is 6.84. The van der Waals surface area contributed by atoms with E-state index in [1.807, 2.05) is 10.6 Å². The molecule has 3 heteroatoms. The number of carbonyl (C=O) groups is 1. The molecule has 7 rings (SSSR count). The highest BCUT2D eigenvalue weighted by atomic mass is 32.2. The lowest BCUT2D eigenvalue weighted by atomic mass is 9.97. The molecule has 36 heavy (non-hydrogen) atoms. The minimum Gasteiger partial charge on any atom is -0.287 e. The number of aryl methyl sites for hydroxylation is 3. The van der Waals surface area contributed by atoms with Crippen molar-refractivity contribution in [1.29, 1.82) is 0 Å². The van der Waals surface area contributed by atoms with Gasteiger partial charge >= 0.3 is 0 Å². The van der Waals surface area contributed by atoms with Crippen LogP contribution in [0.2, 0.25) is 0 Å². The second-order valence-corrected chi connectivity index (χ2v) is 11.4. The first-order valence-corrected chi connectivity index (χ1v) is 14.0. The number of carbonyl (C=O) groups excluding carboxylic acids is 1. The third-order valence-electron chi connectivity index (χ3n) is 7.96. The molecule has 0 radical (unpaired) electrons. The van der Waals surface area contributed by atoms with Gasteiger partial charge in [0, 0.05) is 22.9 Å². The fourth-order valence-corrected chi connectivity index (χ4v) is 7.51. The number of rotatable bonds is 7. The van der Waals surface area contributed by atoms with Crippen molar-refractivity contribution in [2.24, 2.45) is 0 Å². The number of thioether (sulfide) groups is 1. The summed E-state index contributed by atoms with van der Waals surface area (Å²) in [7, 11) is 0. The topological polar surface area (TPSA) is 20.9 Å². The average molecular weight is 487 g/mol. The quantitative estimate of drug-likeness (QED) is 0.186. The molecule has 1 aromatic heterocycles. The molecular formula is C33H28NOS+. The lowest BCUT2D eigenvalue weighted by Gasteiger charge is -2.11. The number of benzene rings is 4. The number of hydrogen-bond acceptors (Lipinski definition) is 2. The van der Waals surface area contributed by atoms with Gasteiger partial charge in [-0.05, 0) is 80.8 Å². The zero-order chi connectivity index (χ0) is 24.1. The number of aromatic nitrogens is 1. The molecule has 4 aromatic carbocycles. The van der Waals surface area contributed by atoms with Gasteiger partial charge < -0.3 is 0 Å². The molecule has 2 aliphatic rings. The van der Waals surface area contributed by atoms with Crippen LogP contribution < -0.4 is 4.57 Å². The summed E-state index contributed by atoms with van der Waals surface area (Å²) in [6.45, 7) is 0.389. The Morgan fingerprint density at radius 3 is 2.39 bits per heavy atom. The maximum atomic E-state index is 13.2. The molecule has 1 heterocycles. The van der Waals surface area contributed by atoms with Crippen molar-refractivity contribution < 1.29 is 9.36 Å². The molecule has 1 atom stereocenters. The Bertz CT molecular complexity index is 1630. The van der Waals surface area contributed by atoms with Gasteiger partial charge in [0.05, 0.1) is 0 Å². The molecule has 0 saturated carbocycles. The minimum atomic E-state index is 0.201. The van der Waals surface area contributed by atoms with Gasteiger partial charge in [-0.3, -0.25) is 4.79 Å². The Kier molecular flexibility index (Phi) is 5.40. The van der Waals surface area contributed by atoms with Crippen molar-refractivity contribution in [3.63, 3.8) is 0 Å². The summed E-state index contributed by atoms with van der Waals surface area (Å²) in [6.07, 6.45) is 8.32. The first-order chi connectivity index (χ1) is 17.7. The highest BCUT2D eigenvalue weighted by Crippen LogP contribution is 2.44. The lowest BCUT2D eigenvalue weighted by Crippen LogP contribution is -2.37. The van der Waals surface area contributed by atoms with Crippen molar-refractivity contribution in [2.45, 2.75) is 37.5 Å². The molecular weight excluding hydrogens is 458 g/mol. The van der Waals surface area contributed by atoms with Gasteiger partial charge in [0.15, 0.2) is 12.4 Å². The van der Waals surface area contributed by atoms with E-state index in [0.717, 1.165) is 37.0 Å². The summed E-state index contributed by atoms with van der Waals surface area (Å²) in [5.41, 5.74) is 7.84. The van der Waals surface area contributed by atoms with Crippen molar-refractivity contribution in [3.05, 3.63) is 125 Å². The molecule has 0 bridgehead atoms. The standard InChI is InChI=1S/C33H28NOS/c35-30(27-12-10-24-5-1-6-25-11-13-28(27)32(24)25)21-34-17-14-22(15-18-34)16-19-36-31-20-26-8-2-4-23-7-3-9-29(31)33(23)26/h1-10,12,14-15,17-18,31H,11,13,16,19-21H2/q+1. The second kappa shape index (κ2) is 8.90. The van der Waals surface area contributed by atoms with Crippen LogP contribution in [0.3, 0.4) is 0 Å². The molecule has 0 spiro atoms. The largest absolute Gasteiger partial charge is 0.287 e. The first-order valence-electron chi connectivity index (χ1n) is 12.9. The highest BCUT2D eigenvalue weighted by Gasteiger charge is 2.25. The fourth-order valence-electron chi connectivity index (χ4n) is 6.20. The maximum Gasteiger partial charge on any atom is 0.227 e. The monoisotopic (exact) mass is 486 g/mol. The van der Waals surface area contributed by atoms with Crippen LogP contribution in [-0.4, -0.2) is 11.5 Å². The third kappa shape index (κ3) is 3.74. The number of nitrogens with zero attached hydrogens (tertiary/aromatic N) is 1. The van der Waals surface area contributed by atoms with E-state index >= 15 is 0 Å². The van der Waals surface area contributed by atoms with Crippen LogP contribution in [0.25, 0.3) is 21.5 Å². The van der Waals surface area contributed by atoms with Crippen LogP contribution in [0.15, 0.2) is 91.3 Å². The maximum absolute atomic E-state index is 13.2. The van der Waals surface area contributed by atoms with E-state index in [1.54, 1.807) is 0 Å². The lowest BCUT2D eigenvalue weighted by molar-refractivity contribution is -0.683. The van der Waals surface area contributed by atoms with Crippen LogP contribution in [0.5, 0.6) is 0 Å². The Balaban J connectivity index is 0.995. The van der Waals surface area contributed by atoms with Crippen molar-refractivity contribution in [1.82, 2.24) is 0 Å². The number of Topliss-reactive ketones (excluding diaryl/α,β-unsaturated/α-hetero) is 1.